The molecule has 1 aliphatic rings. The van der Waals surface area contributed by atoms with Crippen molar-refractivity contribution in [3.05, 3.63) is 47.1 Å². The number of guanidine groups is 1. The molecule has 3 N–H and O–H groups in total. The fourth-order valence-corrected chi connectivity index (χ4v) is 3.75. The largest absolute Gasteiger partial charge is 0.495 e. The van der Waals surface area contributed by atoms with Gasteiger partial charge in [-0.15, -0.1) is 0 Å². The van der Waals surface area contributed by atoms with Crippen molar-refractivity contribution in [3.63, 3.8) is 0 Å². The third-order valence-corrected chi connectivity index (χ3v) is 5.20. The Kier molecular flexibility index (Phi) is 7.94. The van der Waals surface area contributed by atoms with Gasteiger partial charge in [0, 0.05) is 38.8 Å². The van der Waals surface area contributed by atoms with Crippen molar-refractivity contribution in [2.24, 2.45) is 4.99 Å². The fraction of sp³-hybridized carbons (Fsp3) is 0.409. The summed E-state index contributed by atoms with van der Waals surface area (Å²) in [4.78, 5) is 22.8. The molecule has 1 aliphatic heterocycles. The van der Waals surface area contributed by atoms with Crippen LogP contribution in [0, 0.1) is 0 Å². The predicted molar refractivity (Wildman–Crippen MR) is 125 cm³/mol. The molecular weight excluding hydrogens is 416 g/mol. The summed E-state index contributed by atoms with van der Waals surface area (Å²) in [5.74, 6) is 2.04. The zero-order valence-electron chi connectivity index (χ0n) is 18.1. The average molecular weight is 445 g/mol. The molecule has 2 aromatic rings. The topological polar surface area (TPSA) is 90.9 Å². The number of carbonyl (C=O) groups excluding carboxylic acids is 1. The molecule has 0 spiro atoms. The maximum Gasteiger partial charge on any atom is 0.221 e. The van der Waals surface area contributed by atoms with Crippen LogP contribution in [0.3, 0.4) is 0 Å². The van der Waals surface area contributed by atoms with Crippen molar-refractivity contribution >= 4 is 35.0 Å². The van der Waals surface area contributed by atoms with Gasteiger partial charge >= 0.3 is 0 Å². The van der Waals surface area contributed by atoms with Gasteiger partial charge < -0.3 is 25.6 Å². The molecule has 1 saturated heterocycles. The Morgan fingerprint density at radius 3 is 2.94 bits per heavy atom. The van der Waals surface area contributed by atoms with E-state index in [0.29, 0.717) is 23.0 Å². The number of nitrogens with zero attached hydrogens (tertiary/aromatic N) is 3. The van der Waals surface area contributed by atoms with Gasteiger partial charge in [0.2, 0.25) is 5.91 Å². The highest BCUT2D eigenvalue weighted by Gasteiger charge is 2.25. The number of hydrogen-bond acceptors (Lipinski definition) is 5. The molecule has 0 saturated carbocycles. The molecule has 1 amide bonds. The maximum atomic E-state index is 11.5. The average Bonchev–Trinajstić information content (AvgIpc) is 3.20. The molecule has 31 heavy (non-hydrogen) atoms. The molecule has 1 unspecified atom stereocenters. The first-order chi connectivity index (χ1) is 15.0. The van der Waals surface area contributed by atoms with Gasteiger partial charge in [0.25, 0.3) is 0 Å². The van der Waals surface area contributed by atoms with Crippen molar-refractivity contribution in [2.45, 2.75) is 32.9 Å². The molecule has 8 nitrogen and oxygen atoms in total. The second-order valence-electron chi connectivity index (χ2n) is 7.30. The lowest BCUT2D eigenvalue weighted by atomic mass is 10.2. The zero-order valence-corrected chi connectivity index (χ0v) is 18.9. The van der Waals surface area contributed by atoms with Gasteiger partial charge in [0.05, 0.1) is 24.4 Å². The van der Waals surface area contributed by atoms with E-state index in [1.807, 2.05) is 37.3 Å². The molecule has 166 valence electrons. The number of hydrogen-bond donors (Lipinski definition) is 3. The lowest BCUT2D eigenvalue weighted by Crippen LogP contribution is -2.44. The van der Waals surface area contributed by atoms with Crippen LogP contribution >= 0.6 is 11.6 Å². The second-order valence-corrected chi connectivity index (χ2v) is 7.70. The van der Waals surface area contributed by atoms with E-state index in [4.69, 9.17) is 21.3 Å². The number of rotatable bonds is 7. The summed E-state index contributed by atoms with van der Waals surface area (Å²) >= 11 is 6.30. The third kappa shape index (κ3) is 6.24. The summed E-state index contributed by atoms with van der Waals surface area (Å²) in [6, 6.07) is 9.60. The second kappa shape index (κ2) is 10.9. The molecule has 3 rings (SSSR count). The first kappa shape index (κ1) is 22.7. The number of amides is 1. The van der Waals surface area contributed by atoms with E-state index in [0.717, 1.165) is 43.4 Å². The first-order valence-corrected chi connectivity index (χ1v) is 10.7. The van der Waals surface area contributed by atoms with Gasteiger partial charge in [-0.05, 0) is 43.2 Å². The van der Waals surface area contributed by atoms with E-state index in [1.165, 1.54) is 6.92 Å². The number of aromatic nitrogens is 1. The van der Waals surface area contributed by atoms with E-state index in [1.54, 1.807) is 13.3 Å². The van der Waals surface area contributed by atoms with Gasteiger partial charge in [0.15, 0.2) is 5.96 Å². The molecule has 1 fully saturated rings. The van der Waals surface area contributed by atoms with Crippen LogP contribution < -0.4 is 25.6 Å². The number of ether oxygens (including phenoxy) is 1. The first-order valence-electron chi connectivity index (χ1n) is 10.3. The molecule has 0 aliphatic carbocycles. The molecule has 1 aromatic heterocycles. The van der Waals surface area contributed by atoms with Crippen molar-refractivity contribution in [1.29, 1.82) is 0 Å². The molecule has 2 heterocycles. The van der Waals surface area contributed by atoms with Gasteiger partial charge in [-0.2, -0.15) is 0 Å². The van der Waals surface area contributed by atoms with Gasteiger partial charge in [-0.1, -0.05) is 17.7 Å². The molecule has 0 radical (unpaired) electrons. The predicted octanol–water partition coefficient (Wildman–Crippen LogP) is 3.04. The summed E-state index contributed by atoms with van der Waals surface area (Å²) in [7, 11) is 1.58. The van der Waals surface area contributed by atoms with Crippen molar-refractivity contribution in [3.8, 4) is 5.75 Å². The van der Waals surface area contributed by atoms with Gasteiger partial charge in [0.1, 0.15) is 11.6 Å². The fourth-order valence-electron chi connectivity index (χ4n) is 3.51. The van der Waals surface area contributed by atoms with Gasteiger partial charge in [-0.3, -0.25) is 4.79 Å². The highest BCUT2D eigenvalue weighted by atomic mass is 35.5. The number of anilines is 2. The monoisotopic (exact) mass is 444 g/mol. The number of pyridine rings is 1. The lowest BCUT2D eigenvalue weighted by Gasteiger charge is -2.20. The van der Waals surface area contributed by atoms with Crippen molar-refractivity contribution in [1.82, 2.24) is 15.6 Å². The minimum atomic E-state index is -0.146. The number of aliphatic imine (C=N–C) groups is 1. The Morgan fingerprint density at radius 2 is 2.23 bits per heavy atom. The SMILES string of the molecule is CCNC(=NCc1ccc(OC)c(NC(C)=O)c1)NC1CCN(c2ncccc2Cl)C1. The lowest BCUT2D eigenvalue weighted by molar-refractivity contribution is -0.114. The minimum absolute atomic E-state index is 0.146. The summed E-state index contributed by atoms with van der Waals surface area (Å²) in [6.45, 7) is 6.42. The Balaban J connectivity index is 1.66. The number of benzene rings is 1. The molecule has 1 atom stereocenters. The van der Waals surface area contributed by atoms with Crippen LogP contribution in [0.5, 0.6) is 5.75 Å². The van der Waals surface area contributed by atoms with Crippen LogP contribution in [0.1, 0.15) is 25.8 Å². The third-order valence-electron chi connectivity index (χ3n) is 4.91. The Hall–Kier alpha value is -3.00. The Labute approximate surface area is 188 Å². The molecular formula is C22H29ClN6O2. The summed E-state index contributed by atoms with van der Waals surface area (Å²) in [5.41, 5.74) is 1.61. The minimum Gasteiger partial charge on any atom is -0.495 e. The van der Waals surface area contributed by atoms with Crippen molar-refractivity contribution < 1.29 is 9.53 Å². The molecule has 9 heteroatoms. The van der Waals surface area contributed by atoms with E-state index in [9.17, 15) is 4.79 Å². The highest BCUT2D eigenvalue weighted by Crippen LogP contribution is 2.27. The van der Waals surface area contributed by atoms with E-state index in [-0.39, 0.29) is 11.9 Å². The highest BCUT2D eigenvalue weighted by molar-refractivity contribution is 6.32. The summed E-state index contributed by atoms with van der Waals surface area (Å²) in [6.07, 6.45) is 2.73. The van der Waals surface area contributed by atoms with Crippen LogP contribution in [0.25, 0.3) is 0 Å². The maximum absolute atomic E-state index is 11.5. The number of carbonyl (C=O) groups is 1. The number of halogens is 1. The smallest absolute Gasteiger partial charge is 0.221 e. The standard InChI is InChI=1S/C22H29ClN6O2/c1-4-24-22(26-13-16-7-8-20(31-3)19(12-16)27-15(2)30)28-17-9-11-29(14-17)21-18(23)6-5-10-25-21/h5-8,10,12,17H,4,9,11,13-14H2,1-3H3,(H,27,30)(H2,24,26,28). The summed E-state index contributed by atoms with van der Waals surface area (Å²) in [5, 5.41) is 10.3. The van der Waals surface area contributed by atoms with E-state index >= 15 is 0 Å². The van der Waals surface area contributed by atoms with Crippen LogP contribution in [0.2, 0.25) is 5.02 Å². The Morgan fingerprint density at radius 1 is 1.39 bits per heavy atom. The number of methoxy groups -OCH3 is 1. The zero-order chi connectivity index (χ0) is 22.2. The quantitative estimate of drug-likeness (QED) is 0.449. The summed E-state index contributed by atoms with van der Waals surface area (Å²) < 4.78 is 5.31. The molecule has 1 aromatic carbocycles. The van der Waals surface area contributed by atoms with Crippen molar-refractivity contribution in [2.75, 3.05) is 37.0 Å². The van der Waals surface area contributed by atoms with E-state index in [2.05, 4.69) is 25.8 Å². The van der Waals surface area contributed by atoms with Crippen LogP contribution in [-0.4, -0.2) is 49.6 Å². The van der Waals surface area contributed by atoms with Crippen LogP contribution in [0.15, 0.2) is 41.5 Å². The van der Waals surface area contributed by atoms with Crippen LogP contribution in [-0.2, 0) is 11.3 Å². The van der Waals surface area contributed by atoms with E-state index < -0.39 is 0 Å². The normalized spacial score (nSPS) is 16.2. The number of nitrogens with one attached hydrogen (secondary N) is 3. The molecule has 0 bridgehead atoms. The Bertz CT molecular complexity index is 936. The van der Waals surface area contributed by atoms with Gasteiger partial charge in [-0.25, -0.2) is 9.98 Å². The van der Waals surface area contributed by atoms with Crippen LogP contribution in [0.4, 0.5) is 11.5 Å².